The number of fused-ring (bicyclic) bond motifs is 1. The number of hydrogen-bond donors (Lipinski definition) is 1. The van der Waals surface area contributed by atoms with E-state index in [1.165, 1.54) is 10.9 Å². The summed E-state index contributed by atoms with van der Waals surface area (Å²) in [4.78, 5) is 19.3. The van der Waals surface area contributed by atoms with Crippen LogP contribution in [0.3, 0.4) is 0 Å². The van der Waals surface area contributed by atoms with Crippen LogP contribution in [0.1, 0.15) is 28.8 Å². The molecule has 2 heterocycles. The van der Waals surface area contributed by atoms with Crippen LogP contribution in [0, 0.1) is 0 Å². The number of benzene rings is 2. The minimum absolute atomic E-state index is 0.0299. The van der Waals surface area contributed by atoms with Gasteiger partial charge in [-0.05, 0) is 36.6 Å². The Bertz CT molecular complexity index is 881. The van der Waals surface area contributed by atoms with E-state index >= 15 is 0 Å². The molecule has 2 aromatic carbocycles. The van der Waals surface area contributed by atoms with Crippen molar-refractivity contribution in [2.24, 2.45) is 0 Å². The molecule has 1 N–H and O–H groups in total. The molecule has 0 spiro atoms. The summed E-state index contributed by atoms with van der Waals surface area (Å²) in [6, 6.07) is 20.2. The molecule has 4 nitrogen and oxygen atoms in total. The third-order valence-corrected chi connectivity index (χ3v) is 5.07. The molecule has 1 aliphatic heterocycles. The van der Waals surface area contributed by atoms with E-state index in [9.17, 15) is 4.79 Å². The average molecular weight is 345 g/mol. The number of amides is 1. The van der Waals surface area contributed by atoms with Gasteiger partial charge in [-0.2, -0.15) is 0 Å². The standard InChI is InChI=1S/C22H23N3O/c26-22(18-6-2-1-3-7-18)24-20-11-14-25(15-12-20)16-19-9-4-8-17-10-5-13-23-21(17)19/h1-10,13,20H,11-12,14-16H2,(H,24,26). The summed E-state index contributed by atoms with van der Waals surface area (Å²) in [6.07, 6.45) is 3.82. The Hall–Kier alpha value is -2.72. The molecule has 1 aliphatic rings. The minimum atomic E-state index is 0.0299. The fourth-order valence-electron chi connectivity index (χ4n) is 3.63. The van der Waals surface area contributed by atoms with Crippen LogP contribution in [0.2, 0.25) is 0 Å². The largest absolute Gasteiger partial charge is 0.349 e. The van der Waals surface area contributed by atoms with E-state index in [-0.39, 0.29) is 11.9 Å². The van der Waals surface area contributed by atoms with Crippen LogP contribution in [0.15, 0.2) is 66.9 Å². The van der Waals surface area contributed by atoms with Gasteiger partial charge in [0.05, 0.1) is 5.52 Å². The van der Waals surface area contributed by atoms with Gasteiger partial charge >= 0.3 is 0 Å². The van der Waals surface area contributed by atoms with Gasteiger partial charge < -0.3 is 5.32 Å². The highest BCUT2D eigenvalue weighted by Crippen LogP contribution is 2.20. The Morgan fingerprint density at radius 3 is 2.58 bits per heavy atom. The first kappa shape index (κ1) is 16.7. The summed E-state index contributed by atoms with van der Waals surface area (Å²) < 4.78 is 0. The van der Waals surface area contributed by atoms with Crippen LogP contribution >= 0.6 is 0 Å². The maximum absolute atomic E-state index is 12.3. The first-order chi connectivity index (χ1) is 12.8. The van der Waals surface area contributed by atoms with Gasteiger partial charge in [-0.1, -0.05) is 42.5 Å². The van der Waals surface area contributed by atoms with Crippen LogP contribution in [-0.2, 0) is 6.54 Å². The number of carbonyl (C=O) groups excluding carboxylic acids is 1. The number of nitrogens with one attached hydrogen (secondary N) is 1. The lowest BCUT2D eigenvalue weighted by atomic mass is 10.0. The predicted octanol–water partition coefficient (Wildman–Crippen LogP) is 3.63. The lowest BCUT2D eigenvalue weighted by Crippen LogP contribution is -2.44. The van der Waals surface area contributed by atoms with Crippen molar-refractivity contribution >= 4 is 16.8 Å². The van der Waals surface area contributed by atoms with Crippen LogP contribution in [0.25, 0.3) is 10.9 Å². The molecule has 1 amide bonds. The van der Waals surface area contributed by atoms with Gasteiger partial charge in [0.25, 0.3) is 5.91 Å². The number of nitrogens with zero attached hydrogens (tertiary/aromatic N) is 2. The first-order valence-corrected chi connectivity index (χ1v) is 9.20. The zero-order valence-electron chi connectivity index (χ0n) is 14.8. The van der Waals surface area contributed by atoms with Crippen molar-refractivity contribution < 1.29 is 4.79 Å². The van der Waals surface area contributed by atoms with Gasteiger partial charge in [0.15, 0.2) is 0 Å². The lowest BCUT2D eigenvalue weighted by Gasteiger charge is -2.32. The summed E-state index contributed by atoms with van der Waals surface area (Å²) >= 11 is 0. The quantitative estimate of drug-likeness (QED) is 0.785. The smallest absolute Gasteiger partial charge is 0.251 e. The van der Waals surface area contributed by atoms with E-state index in [1.807, 2.05) is 42.6 Å². The average Bonchev–Trinajstić information content (AvgIpc) is 2.70. The number of carbonyl (C=O) groups is 1. The van der Waals surface area contributed by atoms with E-state index < -0.39 is 0 Å². The van der Waals surface area contributed by atoms with Gasteiger partial charge in [-0.15, -0.1) is 0 Å². The van der Waals surface area contributed by atoms with Gasteiger partial charge in [0.1, 0.15) is 0 Å². The number of aromatic nitrogens is 1. The summed E-state index contributed by atoms with van der Waals surface area (Å²) in [5.74, 6) is 0.0299. The Kier molecular flexibility index (Phi) is 4.93. The fourth-order valence-corrected chi connectivity index (χ4v) is 3.63. The molecule has 3 aromatic rings. The highest BCUT2D eigenvalue weighted by molar-refractivity contribution is 5.94. The van der Waals surface area contributed by atoms with Crippen LogP contribution < -0.4 is 5.32 Å². The molecule has 0 bridgehead atoms. The topological polar surface area (TPSA) is 45.2 Å². The zero-order valence-corrected chi connectivity index (χ0v) is 14.8. The molecule has 1 aromatic heterocycles. The molecule has 0 radical (unpaired) electrons. The summed E-state index contributed by atoms with van der Waals surface area (Å²) in [6.45, 7) is 2.89. The van der Waals surface area contributed by atoms with Gasteiger partial charge in [0, 0.05) is 42.8 Å². The number of para-hydroxylation sites is 1. The molecular formula is C22H23N3O. The molecule has 0 unspecified atom stereocenters. The molecule has 132 valence electrons. The Labute approximate surface area is 153 Å². The number of pyridine rings is 1. The molecule has 0 atom stereocenters. The fraction of sp³-hybridized carbons (Fsp3) is 0.273. The molecule has 1 saturated heterocycles. The molecule has 0 saturated carbocycles. The molecule has 1 fully saturated rings. The van der Waals surface area contributed by atoms with Crippen molar-refractivity contribution in [3.63, 3.8) is 0 Å². The maximum Gasteiger partial charge on any atom is 0.251 e. The van der Waals surface area contributed by atoms with E-state index in [0.717, 1.165) is 43.6 Å². The second-order valence-corrected chi connectivity index (χ2v) is 6.88. The summed E-state index contributed by atoms with van der Waals surface area (Å²) in [7, 11) is 0. The second-order valence-electron chi connectivity index (χ2n) is 6.88. The van der Waals surface area contributed by atoms with E-state index in [4.69, 9.17) is 0 Å². The highest BCUT2D eigenvalue weighted by Gasteiger charge is 2.21. The molecule has 4 heteroatoms. The van der Waals surface area contributed by atoms with Gasteiger partial charge in [-0.25, -0.2) is 0 Å². The van der Waals surface area contributed by atoms with Crippen LogP contribution in [0.5, 0.6) is 0 Å². The minimum Gasteiger partial charge on any atom is -0.349 e. The van der Waals surface area contributed by atoms with Crippen molar-refractivity contribution in [3.05, 3.63) is 78.0 Å². The maximum atomic E-state index is 12.3. The van der Waals surface area contributed by atoms with Crippen molar-refractivity contribution in [1.82, 2.24) is 15.2 Å². The normalized spacial score (nSPS) is 15.8. The third kappa shape index (κ3) is 3.75. The Balaban J connectivity index is 1.34. The number of likely N-dealkylation sites (tertiary alicyclic amines) is 1. The van der Waals surface area contributed by atoms with E-state index in [2.05, 4.69) is 39.5 Å². The van der Waals surface area contributed by atoms with Crippen molar-refractivity contribution in [2.45, 2.75) is 25.4 Å². The van der Waals surface area contributed by atoms with Crippen LogP contribution in [0.4, 0.5) is 0 Å². The lowest BCUT2D eigenvalue weighted by molar-refractivity contribution is 0.0909. The Morgan fingerprint density at radius 2 is 1.77 bits per heavy atom. The number of piperidine rings is 1. The molecular weight excluding hydrogens is 322 g/mol. The number of rotatable bonds is 4. The van der Waals surface area contributed by atoms with Gasteiger partial charge in [0.2, 0.25) is 0 Å². The van der Waals surface area contributed by atoms with E-state index in [0.29, 0.717) is 0 Å². The number of hydrogen-bond acceptors (Lipinski definition) is 3. The molecule has 0 aliphatic carbocycles. The summed E-state index contributed by atoms with van der Waals surface area (Å²) in [5, 5.41) is 4.36. The Morgan fingerprint density at radius 1 is 1.00 bits per heavy atom. The predicted molar refractivity (Wildman–Crippen MR) is 104 cm³/mol. The van der Waals surface area contributed by atoms with Crippen molar-refractivity contribution in [1.29, 1.82) is 0 Å². The summed E-state index contributed by atoms with van der Waals surface area (Å²) in [5.41, 5.74) is 3.10. The molecule has 4 rings (SSSR count). The van der Waals surface area contributed by atoms with E-state index in [1.54, 1.807) is 0 Å². The van der Waals surface area contributed by atoms with Crippen LogP contribution in [-0.4, -0.2) is 34.9 Å². The zero-order chi connectivity index (χ0) is 17.8. The van der Waals surface area contributed by atoms with Gasteiger partial charge in [-0.3, -0.25) is 14.7 Å². The first-order valence-electron chi connectivity index (χ1n) is 9.20. The SMILES string of the molecule is O=C(NC1CCN(Cc2cccc3cccnc23)CC1)c1ccccc1. The van der Waals surface area contributed by atoms with Crippen molar-refractivity contribution in [3.8, 4) is 0 Å². The second kappa shape index (κ2) is 7.67. The third-order valence-electron chi connectivity index (χ3n) is 5.07. The van der Waals surface area contributed by atoms with Crippen molar-refractivity contribution in [2.75, 3.05) is 13.1 Å². The molecule has 26 heavy (non-hydrogen) atoms. The monoisotopic (exact) mass is 345 g/mol. The highest BCUT2D eigenvalue weighted by atomic mass is 16.1.